The summed E-state index contributed by atoms with van der Waals surface area (Å²) >= 11 is 6.16. The summed E-state index contributed by atoms with van der Waals surface area (Å²) in [5.74, 6) is -0.137. The number of pyridine rings is 1. The van der Waals surface area contributed by atoms with Crippen LogP contribution in [0.15, 0.2) is 59.7 Å². The Morgan fingerprint density at radius 1 is 1.06 bits per heavy atom. The normalized spacial score (nSPS) is 11.0. The predicted molar refractivity (Wildman–Crippen MR) is 127 cm³/mol. The average molecular weight is 448 g/mol. The summed E-state index contributed by atoms with van der Waals surface area (Å²) in [5, 5.41) is 5.63. The van der Waals surface area contributed by atoms with E-state index >= 15 is 0 Å². The van der Waals surface area contributed by atoms with Crippen LogP contribution in [0.2, 0.25) is 5.02 Å². The largest absolute Gasteiger partial charge is 0.494 e. The van der Waals surface area contributed by atoms with Crippen molar-refractivity contribution in [2.75, 3.05) is 24.8 Å². The summed E-state index contributed by atoms with van der Waals surface area (Å²) in [5.41, 5.74) is 7.53. The van der Waals surface area contributed by atoms with E-state index < -0.39 is 11.8 Å². The van der Waals surface area contributed by atoms with Gasteiger partial charge in [0.15, 0.2) is 0 Å². The first-order valence-electron chi connectivity index (χ1n) is 9.37. The van der Waals surface area contributed by atoms with E-state index in [1.807, 2.05) is 0 Å². The number of ether oxygens (including phenoxy) is 1. The third-order valence-corrected chi connectivity index (χ3v) is 4.70. The van der Waals surface area contributed by atoms with Crippen LogP contribution in [-0.2, 0) is 0 Å². The van der Waals surface area contributed by atoms with Crippen LogP contribution < -0.4 is 26.6 Å². The van der Waals surface area contributed by atoms with E-state index in [2.05, 4.69) is 20.6 Å². The molecule has 0 saturated carbocycles. The number of hydrogen-bond donors (Lipinski definition) is 3. The number of nitrogens with zero attached hydrogens (tertiary/aromatic N) is 2. The maximum atomic E-state index is 12.9. The molecule has 3 aromatic rings. The zero-order valence-electron chi connectivity index (χ0n) is 17.3. The number of halogens is 1. The number of nitrogens with two attached hydrogens (primary N) is 1. The van der Waals surface area contributed by atoms with E-state index in [9.17, 15) is 9.59 Å². The first kappa shape index (κ1) is 22.8. The number of carbonyl (C=O) groups is 2. The fourth-order valence-corrected chi connectivity index (χ4v) is 3.03. The summed E-state index contributed by atoms with van der Waals surface area (Å²) in [7, 11) is 8.61. The summed E-state index contributed by atoms with van der Waals surface area (Å²) in [6.45, 7) is 0. The van der Waals surface area contributed by atoms with Crippen molar-refractivity contribution in [3.63, 3.8) is 0 Å². The van der Waals surface area contributed by atoms with E-state index in [4.69, 9.17) is 29.9 Å². The Kier molecular flexibility index (Phi) is 7.12. The molecule has 0 unspecified atom stereocenters. The molecule has 2 aromatic carbocycles. The zero-order valence-corrected chi connectivity index (χ0v) is 18.1. The van der Waals surface area contributed by atoms with Gasteiger partial charge in [-0.2, -0.15) is 0 Å². The molecule has 4 N–H and O–H groups in total. The predicted octanol–water partition coefficient (Wildman–Crippen LogP) is 2.38. The second-order valence-electron chi connectivity index (χ2n) is 6.60. The van der Waals surface area contributed by atoms with E-state index in [0.29, 0.717) is 22.4 Å². The highest BCUT2D eigenvalue weighted by atomic mass is 35.5. The minimum Gasteiger partial charge on any atom is -0.494 e. The van der Waals surface area contributed by atoms with Crippen LogP contribution in [0.25, 0.3) is 0 Å². The van der Waals surface area contributed by atoms with Crippen LogP contribution in [0.3, 0.4) is 0 Å². The summed E-state index contributed by atoms with van der Waals surface area (Å²) in [4.78, 5) is 33.8. The van der Waals surface area contributed by atoms with Crippen LogP contribution in [-0.4, -0.2) is 44.6 Å². The lowest BCUT2D eigenvalue weighted by Gasteiger charge is -2.16. The van der Waals surface area contributed by atoms with Gasteiger partial charge < -0.3 is 21.1 Å². The van der Waals surface area contributed by atoms with Crippen LogP contribution in [0.1, 0.15) is 26.3 Å². The Labute approximate surface area is 191 Å². The molecule has 160 valence electrons. The van der Waals surface area contributed by atoms with Gasteiger partial charge >= 0.3 is 0 Å². The highest BCUT2D eigenvalue weighted by Crippen LogP contribution is 2.33. The number of carbonyl (C=O) groups excluding carboxylic acids is 2. The van der Waals surface area contributed by atoms with Crippen LogP contribution in [0.5, 0.6) is 5.75 Å². The van der Waals surface area contributed by atoms with Crippen molar-refractivity contribution in [1.29, 1.82) is 0 Å². The van der Waals surface area contributed by atoms with Gasteiger partial charge in [-0.1, -0.05) is 35.3 Å². The molecule has 0 aliphatic carbocycles. The maximum absolute atomic E-state index is 12.9. The molecule has 10 heteroatoms. The number of hydrogen-bond acceptors (Lipinski definition) is 5. The van der Waals surface area contributed by atoms with E-state index in [1.54, 1.807) is 43.4 Å². The van der Waals surface area contributed by atoms with Gasteiger partial charge in [-0.15, -0.1) is 0 Å². The number of benzene rings is 2. The van der Waals surface area contributed by atoms with Gasteiger partial charge in [0.1, 0.15) is 25.2 Å². The Bertz CT molecular complexity index is 1180. The molecule has 0 bridgehead atoms. The molecule has 0 spiro atoms. The Balaban J connectivity index is 1.91. The summed E-state index contributed by atoms with van der Waals surface area (Å²) in [6, 6.07) is 12.6. The molecule has 3 rings (SSSR count). The standard InChI is InChI=1S/C22H19BClN5O3/c1-26-20(25)12-3-5-13(6-4-12)21(30)29-19-16(9-15(24)10-17(19)32-2)22(31)28-18-8-7-14(23)11-27-18/h3-11H,1-2H3,(H2,25,26)(H,29,30)(H,27,28,31). The van der Waals surface area contributed by atoms with Gasteiger partial charge in [0.05, 0.1) is 18.4 Å². The molecule has 8 nitrogen and oxygen atoms in total. The molecule has 1 aromatic heterocycles. The second kappa shape index (κ2) is 9.97. The van der Waals surface area contributed by atoms with Gasteiger partial charge in [-0.25, -0.2) is 4.98 Å². The van der Waals surface area contributed by atoms with Crippen LogP contribution in [0.4, 0.5) is 11.5 Å². The van der Waals surface area contributed by atoms with Crippen molar-refractivity contribution in [3.05, 3.63) is 76.4 Å². The minimum atomic E-state index is -0.541. The van der Waals surface area contributed by atoms with Gasteiger partial charge in [-0.3, -0.25) is 14.6 Å². The van der Waals surface area contributed by atoms with Crippen molar-refractivity contribution in [2.45, 2.75) is 0 Å². The molecule has 0 fully saturated rings. The second-order valence-corrected chi connectivity index (χ2v) is 7.04. The van der Waals surface area contributed by atoms with Gasteiger partial charge in [0.2, 0.25) is 0 Å². The lowest BCUT2D eigenvalue weighted by Crippen LogP contribution is -2.20. The van der Waals surface area contributed by atoms with E-state index in [0.717, 1.165) is 0 Å². The molecular formula is C22H19BClN5O3. The molecule has 2 amide bonds. The number of aliphatic imine (C=N–C) groups is 1. The fraction of sp³-hybridized carbons (Fsp3) is 0.0909. The number of amidine groups is 1. The van der Waals surface area contributed by atoms with E-state index in [-0.39, 0.29) is 27.8 Å². The molecule has 32 heavy (non-hydrogen) atoms. The highest BCUT2D eigenvalue weighted by molar-refractivity contribution is 6.32. The topological polar surface area (TPSA) is 119 Å². The quantitative estimate of drug-likeness (QED) is 0.304. The van der Waals surface area contributed by atoms with Crippen molar-refractivity contribution in [1.82, 2.24) is 4.98 Å². The number of methoxy groups -OCH3 is 1. The third-order valence-electron chi connectivity index (χ3n) is 4.48. The molecule has 0 aliphatic heterocycles. The molecule has 2 radical (unpaired) electrons. The van der Waals surface area contributed by atoms with Gasteiger partial charge in [0.25, 0.3) is 11.8 Å². The molecule has 0 atom stereocenters. The Hall–Kier alpha value is -3.85. The number of rotatable bonds is 6. The third kappa shape index (κ3) is 5.25. The highest BCUT2D eigenvalue weighted by Gasteiger charge is 2.21. The smallest absolute Gasteiger partial charge is 0.259 e. The number of anilines is 2. The number of aromatic nitrogens is 1. The minimum absolute atomic E-state index is 0.0975. The van der Waals surface area contributed by atoms with Crippen molar-refractivity contribution in [3.8, 4) is 5.75 Å². The lowest BCUT2D eigenvalue weighted by atomic mass is 9.99. The van der Waals surface area contributed by atoms with Gasteiger partial charge in [-0.05, 0) is 24.3 Å². The number of nitrogens with one attached hydrogen (secondary N) is 2. The van der Waals surface area contributed by atoms with Crippen LogP contribution in [0, 0.1) is 0 Å². The molecule has 0 aliphatic rings. The van der Waals surface area contributed by atoms with Gasteiger partial charge in [0, 0.05) is 35.5 Å². The lowest BCUT2D eigenvalue weighted by molar-refractivity contribution is 0.102. The van der Waals surface area contributed by atoms with E-state index in [1.165, 1.54) is 25.4 Å². The van der Waals surface area contributed by atoms with Crippen LogP contribution >= 0.6 is 11.6 Å². The summed E-state index contributed by atoms with van der Waals surface area (Å²) in [6.07, 6.45) is 1.41. The molecular weight excluding hydrogens is 429 g/mol. The summed E-state index contributed by atoms with van der Waals surface area (Å²) < 4.78 is 5.34. The molecule has 0 saturated heterocycles. The number of amides is 2. The SMILES string of the molecule is [B]c1ccc(NC(=O)c2cc(Cl)cc(OC)c2NC(=O)c2ccc(C(N)=NC)cc2)nc1. The van der Waals surface area contributed by atoms with Crippen molar-refractivity contribution < 1.29 is 14.3 Å². The molecule has 1 heterocycles. The first-order chi connectivity index (χ1) is 15.3. The average Bonchev–Trinajstić information content (AvgIpc) is 2.80. The first-order valence-corrected chi connectivity index (χ1v) is 9.74. The monoisotopic (exact) mass is 447 g/mol. The zero-order chi connectivity index (χ0) is 23.3. The Morgan fingerprint density at radius 2 is 1.75 bits per heavy atom. The maximum Gasteiger partial charge on any atom is 0.259 e. The van der Waals surface area contributed by atoms with Crippen molar-refractivity contribution in [2.24, 2.45) is 10.7 Å². The Morgan fingerprint density at radius 3 is 2.34 bits per heavy atom. The van der Waals surface area contributed by atoms with Crippen molar-refractivity contribution >= 4 is 54.1 Å². The fourth-order valence-electron chi connectivity index (χ4n) is 2.82.